The molecule has 0 radical (unpaired) electrons. The number of hydrogen-bond acceptors (Lipinski definition) is 6. The SMILES string of the molecule is CCOC(=O)CCCCOc1ccc(-c2nc3ccc(NC(=O)c4ccc(N)cc4)cc3[nH]2)cc1. The van der Waals surface area contributed by atoms with E-state index in [0.29, 0.717) is 36.6 Å². The largest absolute Gasteiger partial charge is 0.494 e. The molecule has 0 saturated heterocycles. The zero-order valence-electron chi connectivity index (χ0n) is 19.5. The average Bonchev–Trinajstić information content (AvgIpc) is 3.28. The molecule has 0 unspecified atom stereocenters. The number of nitrogens with zero attached hydrogens (tertiary/aromatic N) is 1. The van der Waals surface area contributed by atoms with Gasteiger partial charge in [-0.05, 0) is 86.5 Å². The summed E-state index contributed by atoms with van der Waals surface area (Å²) in [6.07, 6.45) is 1.93. The Labute approximate surface area is 203 Å². The van der Waals surface area contributed by atoms with E-state index in [2.05, 4.69) is 15.3 Å². The molecule has 4 aromatic rings. The lowest BCUT2D eigenvalue weighted by Crippen LogP contribution is -2.11. The lowest BCUT2D eigenvalue weighted by Gasteiger charge is -2.06. The van der Waals surface area contributed by atoms with Gasteiger partial charge in [-0.3, -0.25) is 9.59 Å². The number of benzene rings is 3. The minimum atomic E-state index is -0.208. The number of esters is 1. The van der Waals surface area contributed by atoms with E-state index in [9.17, 15) is 9.59 Å². The number of nitrogens with two attached hydrogens (primary N) is 1. The Morgan fingerprint density at radius 2 is 1.77 bits per heavy atom. The van der Waals surface area contributed by atoms with Crippen LogP contribution in [-0.2, 0) is 9.53 Å². The average molecular weight is 473 g/mol. The smallest absolute Gasteiger partial charge is 0.305 e. The predicted molar refractivity (Wildman–Crippen MR) is 136 cm³/mol. The van der Waals surface area contributed by atoms with Crippen LogP contribution in [0.2, 0.25) is 0 Å². The fraction of sp³-hybridized carbons (Fsp3) is 0.222. The summed E-state index contributed by atoms with van der Waals surface area (Å²) in [4.78, 5) is 31.8. The van der Waals surface area contributed by atoms with Crippen LogP contribution in [0.1, 0.15) is 36.5 Å². The molecule has 35 heavy (non-hydrogen) atoms. The zero-order valence-corrected chi connectivity index (χ0v) is 19.5. The number of nitrogen functional groups attached to an aromatic ring is 1. The summed E-state index contributed by atoms with van der Waals surface area (Å²) in [5.74, 6) is 1.11. The summed E-state index contributed by atoms with van der Waals surface area (Å²) in [5, 5.41) is 2.90. The molecule has 180 valence electrons. The number of imidazole rings is 1. The number of nitrogens with one attached hydrogen (secondary N) is 2. The molecule has 4 N–H and O–H groups in total. The maximum atomic E-state index is 12.5. The number of ether oxygens (including phenoxy) is 2. The van der Waals surface area contributed by atoms with Gasteiger partial charge in [0.1, 0.15) is 11.6 Å². The summed E-state index contributed by atoms with van der Waals surface area (Å²) in [6, 6.07) is 20.0. The third kappa shape index (κ3) is 6.38. The summed E-state index contributed by atoms with van der Waals surface area (Å²) >= 11 is 0. The van der Waals surface area contributed by atoms with Crippen molar-refractivity contribution in [3.05, 3.63) is 72.3 Å². The number of aromatic nitrogens is 2. The topological polar surface area (TPSA) is 119 Å². The minimum absolute atomic E-state index is 0.168. The maximum Gasteiger partial charge on any atom is 0.305 e. The Hall–Kier alpha value is -4.33. The summed E-state index contributed by atoms with van der Waals surface area (Å²) in [5.41, 5.74) is 10.0. The standard InChI is InChI=1S/C27H28N4O4/c1-2-34-25(32)5-3-4-16-35-22-13-8-18(9-14-22)26-30-23-15-12-21(17-24(23)31-26)29-27(33)19-6-10-20(28)11-7-19/h6-15,17H,2-5,16,28H2,1H3,(H,29,33)(H,30,31). The van der Waals surface area contributed by atoms with Crippen molar-refractivity contribution < 1.29 is 19.1 Å². The lowest BCUT2D eigenvalue weighted by atomic mass is 10.2. The van der Waals surface area contributed by atoms with Crippen LogP contribution in [0.4, 0.5) is 11.4 Å². The molecule has 8 heteroatoms. The molecule has 0 saturated carbocycles. The number of fused-ring (bicyclic) bond motifs is 1. The highest BCUT2D eigenvalue weighted by Crippen LogP contribution is 2.25. The van der Waals surface area contributed by atoms with Gasteiger partial charge in [0.05, 0.1) is 24.2 Å². The van der Waals surface area contributed by atoms with Crippen molar-refractivity contribution in [2.75, 3.05) is 24.3 Å². The molecular weight excluding hydrogens is 444 g/mol. The van der Waals surface area contributed by atoms with Gasteiger partial charge in [0, 0.05) is 28.9 Å². The molecule has 0 bridgehead atoms. The number of aromatic amines is 1. The Balaban J connectivity index is 1.34. The molecule has 0 fully saturated rings. The molecule has 4 rings (SSSR count). The Morgan fingerprint density at radius 1 is 1.00 bits per heavy atom. The van der Waals surface area contributed by atoms with Crippen LogP contribution in [0.5, 0.6) is 5.75 Å². The van der Waals surface area contributed by atoms with E-state index in [-0.39, 0.29) is 11.9 Å². The number of amides is 1. The molecule has 0 aliphatic heterocycles. The summed E-state index contributed by atoms with van der Waals surface area (Å²) in [6.45, 7) is 2.75. The monoisotopic (exact) mass is 472 g/mol. The van der Waals surface area contributed by atoms with E-state index in [1.165, 1.54) is 0 Å². The van der Waals surface area contributed by atoms with Crippen molar-refractivity contribution in [1.82, 2.24) is 9.97 Å². The summed E-state index contributed by atoms with van der Waals surface area (Å²) in [7, 11) is 0. The van der Waals surface area contributed by atoms with Crippen molar-refractivity contribution >= 4 is 34.3 Å². The molecule has 1 heterocycles. The highest BCUT2D eigenvalue weighted by molar-refractivity contribution is 6.05. The Bertz CT molecular complexity index is 1300. The Morgan fingerprint density at radius 3 is 2.51 bits per heavy atom. The molecule has 0 aliphatic carbocycles. The van der Waals surface area contributed by atoms with Crippen LogP contribution in [0.25, 0.3) is 22.4 Å². The number of rotatable bonds is 10. The minimum Gasteiger partial charge on any atom is -0.494 e. The van der Waals surface area contributed by atoms with Gasteiger partial charge in [-0.1, -0.05) is 0 Å². The number of carbonyl (C=O) groups is 2. The van der Waals surface area contributed by atoms with Gasteiger partial charge in [-0.2, -0.15) is 0 Å². The van der Waals surface area contributed by atoms with Crippen molar-refractivity contribution in [1.29, 1.82) is 0 Å². The molecule has 1 aromatic heterocycles. The third-order valence-corrected chi connectivity index (χ3v) is 5.39. The molecule has 1 amide bonds. The highest BCUT2D eigenvalue weighted by Gasteiger charge is 2.10. The van der Waals surface area contributed by atoms with Gasteiger partial charge < -0.3 is 25.5 Å². The van der Waals surface area contributed by atoms with Crippen molar-refractivity contribution in [3.8, 4) is 17.1 Å². The van der Waals surface area contributed by atoms with Crippen LogP contribution >= 0.6 is 0 Å². The fourth-order valence-electron chi connectivity index (χ4n) is 3.57. The second-order valence-electron chi connectivity index (χ2n) is 8.03. The fourth-order valence-corrected chi connectivity index (χ4v) is 3.57. The van der Waals surface area contributed by atoms with Crippen LogP contribution < -0.4 is 15.8 Å². The van der Waals surface area contributed by atoms with E-state index < -0.39 is 0 Å². The number of carbonyl (C=O) groups excluding carboxylic acids is 2. The van der Waals surface area contributed by atoms with Crippen LogP contribution in [0.3, 0.4) is 0 Å². The lowest BCUT2D eigenvalue weighted by molar-refractivity contribution is -0.143. The van der Waals surface area contributed by atoms with E-state index >= 15 is 0 Å². The second kappa shape index (κ2) is 11.2. The van der Waals surface area contributed by atoms with Crippen molar-refractivity contribution in [2.45, 2.75) is 26.2 Å². The normalized spacial score (nSPS) is 10.8. The first-order chi connectivity index (χ1) is 17.0. The molecule has 0 atom stereocenters. The second-order valence-corrected chi connectivity index (χ2v) is 8.03. The highest BCUT2D eigenvalue weighted by atomic mass is 16.5. The first-order valence-corrected chi connectivity index (χ1v) is 11.6. The molecule has 0 spiro atoms. The number of hydrogen-bond donors (Lipinski definition) is 3. The van der Waals surface area contributed by atoms with Gasteiger partial charge in [0.25, 0.3) is 5.91 Å². The molecular formula is C27H28N4O4. The van der Waals surface area contributed by atoms with E-state index in [4.69, 9.17) is 15.2 Å². The number of unbranched alkanes of at least 4 members (excludes halogenated alkanes) is 1. The third-order valence-electron chi connectivity index (χ3n) is 5.39. The van der Waals surface area contributed by atoms with E-state index in [1.54, 1.807) is 31.2 Å². The van der Waals surface area contributed by atoms with Gasteiger partial charge in [-0.25, -0.2) is 4.98 Å². The maximum absolute atomic E-state index is 12.5. The number of H-pyrrole nitrogens is 1. The van der Waals surface area contributed by atoms with Gasteiger partial charge in [0.2, 0.25) is 0 Å². The van der Waals surface area contributed by atoms with Crippen LogP contribution in [0, 0.1) is 0 Å². The molecule has 3 aromatic carbocycles. The van der Waals surface area contributed by atoms with Gasteiger partial charge in [-0.15, -0.1) is 0 Å². The first kappa shape index (κ1) is 23.8. The van der Waals surface area contributed by atoms with Crippen LogP contribution in [0.15, 0.2) is 66.7 Å². The van der Waals surface area contributed by atoms with E-state index in [1.807, 2.05) is 42.5 Å². The van der Waals surface area contributed by atoms with Crippen LogP contribution in [-0.4, -0.2) is 35.1 Å². The molecule has 0 aliphatic rings. The van der Waals surface area contributed by atoms with Crippen molar-refractivity contribution in [3.63, 3.8) is 0 Å². The summed E-state index contributed by atoms with van der Waals surface area (Å²) < 4.78 is 10.7. The zero-order chi connectivity index (χ0) is 24.6. The predicted octanol–water partition coefficient (Wildman–Crippen LogP) is 5.18. The Kier molecular flexibility index (Phi) is 7.62. The van der Waals surface area contributed by atoms with Crippen molar-refractivity contribution in [2.24, 2.45) is 0 Å². The quantitative estimate of drug-likeness (QED) is 0.166. The van der Waals surface area contributed by atoms with Gasteiger partial charge >= 0.3 is 5.97 Å². The first-order valence-electron chi connectivity index (χ1n) is 11.6. The molecule has 8 nitrogen and oxygen atoms in total. The number of anilines is 2. The van der Waals surface area contributed by atoms with Gasteiger partial charge in [0.15, 0.2) is 0 Å². The van der Waals surface area contributed by atoms with E-state index in [0.717, 1.165) is 41.0 Å².